The van der Waals surface area contributed by atoms with Crippen molar-refractivity contribution in [2.24, 2.45) is 0 Å². The molecule has 0 unspecified atom stereocenters. The van der Waals surface area contributed by atoms with Gasteiger partial charge in [-0.15, -0.1) is 0 Å². The van der Waals surface area contributed by atoms with Crippen LogP contribution in [-0.4, -0.2) is 37.7 Å². The van der Waals surface area contributed by atoms with E-state index in [0.29, 0.717) is 0 Å². The van der Waals surface area contributed by atoms with E-state index in [1.165, 1.54) is 0 Å². The summed E-state index contributed by atoms with van der Waals surface area (Å²) in [5.74, 6) is 0. The van der Waals surface area contributed by atoms with E-state index in [-0.39, 0.29) is 57.7 Å². The fourth-order valence-corrected chi connectivity index (χ4v) is 0. The minimum atomic E-state index is 0. The average molecular weight is 170 g/mol. The van der Waals surface area contributed by atoms with Gasteiger partial charge in [0.2, 0.25) is 0 Å². The number of hydrogen-bond acceptors (Lipinski definition) is 1. The normalized spacial score (nSPS) is 0.750. The van der Waals surface area contributed by atoms with Crippen molar-refractivity contribution < 1.29 is 43.7 Å². The molecule has 0 saturated heterocycles. The average Bonchev–Trinajstić information content (AvgIpc) is 1.00. The van der Waals surface area contributed by atoms with Crippen LogP contribution in [0.15, 0.2) is 0 Å². The zero-order valence-corrected chi connectivity index (χ0v) is 6.63. The van der Waals surface area contributed by atoms with Crippen LogP contribution >= 0.6 is 0 Å². The fraction of sp³-hybridized carbons (Fsp3) is 0. The minimum absolute atomic E-state index is 0. The first-order valence-corrected chi connectivity index (χ1v) is 0.842. The summed E-state index contributed by atoms with van der Waals surface area (Å²) in [5, 5.41) is 0. The van der Waals surface area contributed by atoms with E-state index >= 15 is 0 Å². The molecule has 1 radical (unpaired) electrons. The van der Waals surface area contributed by atoms with Crippen LogP contribution in [0, 0.1) is 0 Å². The van der Waals surface area contributed by atoms with Crippen molar-refractivity contribution in [1.29, 1.82) is 0 Å². The molecule has 0 N–H and O–H groups in total. The number of rotatable bonds is 0. The first kappa shape index (κ1) is 16.3. The van der Waals surface area contributed by atoms with Crippen molar-refractivity contribution in [2.75, 3.05) is 0 Å². The van der Waals surface area contributed by atoms with Crippen LogP contribution < -0.4 is 0 Å². The van der Waals surface area contributed by atoms with Gasteiger partial charge in [0, 0.05) is 17.1 Å². The van der Waals surface area contributed by atoms with Crippen LogP contribution in [0.3, 0.4) is 0 Å². The molecular formula is H2CaCuOTi. The molecule has 0 amide bonds. The SMILES string of the molecule is [Ca+2].[Cu].[H-].[H-].[O]=[Ti]. The van der Waals surface area contributed by atoms with Gasteiger partial charge in [-0.05, 0) is 0 Å². The van der Waals surface area contributed by atoms with Gasteiger partial charge in [-0.1, -0.05) is 0 Å². The molecule has 0 bridgehead atoms. The topological polar surface area (TPSA) is 17.1 Å². The molecule has 0 aliphatic carbocycles. The zero-order valence-electron chi connectivity index (χ0n) is 3.92. The molecular weight excluding hydrogens is 167 g/mol. The molecule has 0 rings (SSSR count). The summed E-state index contributed by atoms with van der Waals surface area (Å²) >= 11 is 0.750. The summed E-state index contributed by atoms with van der Waals surface area (Å²) in [6.07, 6.45) is 0. The fourth-order valence-electron chi connectivity index (χ4n) is 0. The monoisotopic (exact) mass is 169 g/mol. The Labute approximate surface area is 80.1 Å². The molecule has 0 aromatic heterocycles. The van der Waals surface area contributed by atoms with Crippen molar-refractivity contribution in [2.45, 2.75) is 0 Å². The predicted molar refractivity (Wildman–Crippen MR) is 8.66 cm³/mol. The Morgan fingerprint density at radius 2 is 1.50 bits per heavy atom. The Balaban J connectivity index is -0.000000000833. The second-order valence-corrected chi connectivity index (χ2v) is 0. The van der Waals surface area contributed by atoms with Gasteiger partial charge in [0.25, 0.3) is 0 Å². The van der Waals surface area contributed by atoms with Crippen LogP contribution in [0.25, 0.3) is 0 Å². The Morgan fingerprint density at radius 1 is 1.50 bits per heavy atom. The quantitative estimate of drug-likeness (QED) is 0.456. The number of hydrogen-bond donors (Lipinski definition) is 0. The third-order valence-corrected chi connectivity index (χ3v) is 0. The van der Waals surface area contributed by atoms with E-state index in [1.807, 2.05) is 0 Å². The molecule has 25 valence electrons. The molecule has 0 atom stereocenters. The second kappa shape index (κ2) is 18.6. The van der Waals surface area contributed by atoms with E-state index < -0.39 is 0 Å². The summed E-state index contributed by atoms with van der Waals surface area (Å²) in [7, 11) is 0. The zero-order chi connectivity index (χ0) is 2.00. The van der Waals surface area contributed by atoms with Crippen LogP contribution in [0.5, 0.6) is 0 Å². The Hall–Kier alpha value is 2.29. The molecule has 0 saturated carbocycles. The second-order valence-electron chi connectivity index (χ2n) is 0. The van der Waals surface area contributed by atoms with Crippen LogP contribution in [0.4, 0.5) is 0 Å². The van der Waals surface area contributed by atoms with Crippen molar-refractivity contribution in [3.8, 4) is 0 Å². The van der Waals surface area contributed by atoms with Gasteiger partial charge in [-0.3, -0.25) is 0 Å². The van der Waals surface area contributed by atoms with Gasteiger partial charge in [0.15, 0.2) is 0 Å². The first-order valence-electron chi connectivity index (χ1n) is 0.204. The van der Waals surface area contributed by atoms with Crippen molar-refractivity contribution in [3.05, 3.63) is 0 Å². The van der Waals surface area contributed by atoms with E-state index in [9.17, 15) is 0 Å². The van der Waals surface area contributed by atoms with Gasteiger partial charge in [-0.25, -0.2) is 0 Å². The van der Waals surface area contributed by atoms with Gasteiger partial charge in [0.05, 0.1) is 0 Å². The Morgan fingerprint density at radius 3 is 1.50 bits per heavy atom. The van der Waals surface area contributed by atoms with E-state index in [4.69, 9.17) is 3.32 Å². The molecule has 0 aromatic carbocycles. The standard InChI is InChI=1S/Ca.Cu.O.Ti.2H/q+2;;;;2*-1. The maximum atomic E-state index is 8.25. The van der Waals surface area contributed by atoms with Crippen molar-refractivity contribution in [1.82, 2.24) is 0 Å². The summed E-state index contributed by atoms with van der Waals surface area (Å²) in [4.78, 5) is 0. The van der Waals surface area contributed by atoms with Crippen LogP contribution in [-0.2, 0) is 40.8 Å². The Kier molecular flexibility index (Phi) is 75.4. The van der Waals surface area contributed by atoms with E-state index in [1.54, 1.807) is 0 Å². The Bertz CT molecular complexity index is 13.5. The van der Waals surface area contributed by atoms with Gasteiger partial charge >= 0.3 is 61.5 Å². The van der Waals surface area contributed by atoms with Crippen molar-refractivity contribution in [3.63, 3.8) is 0 Å². The molecule has 0 heterocycles. The molecule has 4 heteroatoms. The summed E-state index contributed by atoms with van der Waals surface area (Å²) in [5.41, 5.74) is 0. The molecule has 4 heavy (non-hydrogen) atoms. The van der Waals surface area contributed by atoms with Crippen molar-refractivity contribution >= 4 is 37.7 Å². The summed E-state index contributed by atoms with van der Waals surface area (Å²) in [6, 6.07) is 0. The summed E-state index contributed by atoms with van der Waals surface area (Å²) < 4.78 is 8.25. The van der Waals surface area contributed by atoms with E-state index in [0.717, 1.165) is 20.4 Å². The molecule has 1 nitrogen and oxygen atoms in total. The maximum absolute atomic E-state index is 8.25. The molecule has 0 spiro atoms. The van der Waals surface area contributed by atoms with Crippen LogP contribution in [0.2, 0.25) is 0 Å². The van der Waals surface area contributed by atoms with Gasteiger partial charge in [-0.2, -0.15) is 0 Å². The van der Waals surface area contributed by atoms with E-state index in [2.05, 4.69) is 0 Å². The van der Waals surface area contributed by atoms with Crippen LogP contribution in [0.1, 0.15) is 2.85 Å². The predicted octanol–water partition coefficient (Wildman–Crippen LogP) is -0.280. The first-order chi connectivity index (χ1) is 1.00. The molecule has 0 aliphatic rings. The van der Waals surface area contributed by atoms with Gasteiger partial charge < -0.3 is 2.85 Å². The third-order valence-electron chi connectivity index (χ3n) is 0. The molecule has 0 aliphatic heterocycles. The summed E-state index contributed by atoms with van der Waals surface area (Å²) in [6.45, 7) is 0. The molecule has 0 fully saturated rings. The third kappa shape index (κ3) is 8.85. The molecule has 0 aromatic rings. The van der Waals surface area contributed by atoms with Gasteiger partial charge in [0.1, 0.15) is 0 Å².